The van der Waals surface area contributed by atoms with E-state index >= 15 is 0 Å². The Kier molecular flexibility index (Phi) is 30.7. The smallest absolute Gasteiger partial charge is 0.394 e. The van der Waals surface area contributed by atoms with Crippen LogP contribution in [-0.2, 0) is 100 Å². The summed E-state index contributed by atoms with van der Waals surface area (Å²) in [5.41, 5.74) is 0. The van der Waals surface area contributed by atoms with Gasteiger partial charge >= 0.3 is 26.8 Å². The number of carbonyl (C=O) groups is 5. The molecule has 39 nitrogen and oxygen atoms in total. The Morgan fingerprint density at radius 3 is 1.65 bits per heavy atom. The fourth-order valence-corrected chi connectivity index (χ4v) is 12.7. The van der Waals surface area contributed by atoms with Crippen LogP contribution in [0.25, 0.3) is 0 Å². The van der Waals surface area contributed by atoms with Gasteiger partial charge in [0, 0.05) is 44.4 Å². The van der Waals surface area contributed by atoms with E-state index < -0.39 is 188 Å². The Bertz CT molecular complexity index is 2540. The molecule has 0 aromatic rings. The molecular formula is C49H84N6O33S3. The third-order valence-corrected chi connectivity index (χ3v) is 17.3. The second-order valence-corrected chi connectivity index (χ2v) is 25.2. The molecule has 6 fully saturated rings. The average Bonchev–Trinajstić information content (AvgIpc) is 1.07. The lowest BCUT2D eigenvalue weighted by Gasteiger charge is -2.50. The van der Waals surface area contributed by atoms with Crippen molar-refractivity contribution in [1.29, 1.82) is 0 Å². The van der Waals surface area contributed by atoms with Gasteiger partial charge in [-0.25, -0.2) is 13.2 Å². The van der Waals surface area contributed by atoms with Crippen LogP contribution in [0.4, 0.5) is 4.79 Å². The molecule has 23 unspecified atom stereocenters. The zero-order chi connectivity index (χ0) is 66.7. The maximum Gasteiger partial charge on any atom is 0.397 e. The second kappa shape index (κ2) is 36.5. The SMILES string of the molecule is CC(=O)NC1C(OC2C(O)C(CO)OC(OC3C(O)C(COS(=O)(=O)O)OC(OCCCNC(=O)COCCOCCOCCNC(=O)CCCCC4SCC5NC(=O)NC54)C3NC(C)=O)C2O)OC(COS(=O)(=O)O)C(O)C1OC1OC(CO)C(O)C(O)C1O. The van der Waals surface area contributed by atoms with Crippen LogP contribution in [0.5, 0.6) is 0 Å². The number of nitrogens with one attached hydrogen (secondary N) is 6. The number of carbonyl (C=O) groups excluding carboxylic acids is 5. The van der Waals surface area contributed by atoms with Crippen LogP contribution >= 0.6 is 11.8 Å². The summed E-state index contributed by atoms with van der Waals surface area (Å²) in [6.07, 6.45) is -33.5. The fraction of sp³-hybridized carbons (Fsp3) is 0.898. The first-order valence-corrected chi connectivity index (χ1v) is 32.8. The molecule has 0 spiro atoms. The highest BCUT2D eigenvalue weighted by atomic mass is 32.3. The van der Waals surface area contributed by atoms with Crippen molar-refractivity contribution in [3.05, 3.63) is 0 Å². The number of thioether (sulfide) groups is 1. The first kappa shape index (κ1) is 76.5. The van der Waals surface area contributed by atoms with Gasteiger partial charge in [0.05, 0.1) is 78.2 Å². The topological polar surface area (TPSA) is 568 Å². The molecule has 526 valence electrons. The molecule has 23 atom stereocenters. The predicted molar refractivity (Wildman–Crippen MR) is 299 cm³/mol. The van der Waals surface area contributed by atoms with Crippen molar-refractivity contribution in [3.63, 3.8) is 0 Å². The Morgan fingerprint density at radius 2 is 1.07 bits per heavy atom. The highest BCUT2D eigenvalue weighted by molar-refractivity contribution is 8.00. The number of urea groups is 1. The van der Waals surface area contributed by atoms with Crippen LogP contribution in [0.1, 0.15) is 46.0 Å². The van der Waals surface area contributed by atoms with Crippen LogP contribution in [0.3, 0.4) is 0 Å². The zero-order valence-corrected chi connectivity index (χ0v) is 51.8. The number of ether oxygens (including phenoxy) is 11. The maximum absolute atomic E-state index is 12.7. The van der Waals surface area contributed by atoms with Crippen molar-refractivity contribution in [2.45, 2.75) is 186 Å². The van der Waals surface area contributed by atoms with E-state index in [-0.39, 0.29) is 83.2 Å². The number of amides is 6. The monoisotopic (exact) mass is 1380 g/mol. The van der Waals surface area contributed by atoms with Gasteiger partial charge < -0.3 is 130 Å². The second-order valence-electron chi connectivity index (χ2n) is 21.7. The quantitative estimate of drug-likeness (QED) is 0.0156. The molecule has 0 aromatic heterocycles. The van der Waals surface area contributed by atoms with E-state index in [1.807, 2.05) is 11.8 Å². The Morgan fingerprint density at radius 1 is 0.560 bits per heavy atom. The van der Waals surface area contributed by atoms with Gasteiger partial charge in [-0.15, -0.1) is 0 Å². The van der Waals surface area contributed by atoms with Gasteiger partial charge in [0.25, 0.3) is 0 Å². The number of hydrogen-bond donors (Lipinski definition) is 17. The first-order valence-electron chi connectivity index (χ1n) is 29.0. The number of fused-ring (bicyclic) bond motifs is 1. The van der Waals surface area contributed by atoms with Crippen LogP contribution < -0.4 is 31.9 Å². The molecule has 0 aromatic carbocycles. The summed E-state index contributed by atoms with van der Waals surface area (Å²) in [5.74, 6) is -1.50. The average molecular weight is 1380 g/mol. The van der Waals surface area contributed by atoms with Gasteiger partial charge in [0.15, 0.2) is 25.2 Å². The third kappa shape index (κ3) is 23.4. The molecule has 42 heteroatoms. The Balaban J connectivity index is 1.00. The molecule has 0 radical (unpaired) electrons. The molecule has 6 aliphatic rings. The number of rotatable bonds is 37. The van der Waals surface area contributed by atoms with Crippen LogP contribution in [0.2, 0.25) is 0 Å². The Hall–Kier alpha value is -3.56. The summed E-state index contributed by atoms with van der Waals surface area (Å²) in [5, 5.41) is 115. The maximum atomic E-state index is 12.7. The zero-order valence-electron chi connectivity index (χ0n) is 49.3. The van der Waals surface area contributed by atoms with Crippen molar-refractivity contribution < 1.29 is 156 Å². The van der Waals surface area contributed by atoms with E-state index in [1.165, 1.54) is 0 Å². The van der Waals surface area contributed by atoms with Gasteiger partial charge in [0.1, 0.15) is 104 Å². The first-order chi connectivity index (χ1) is 43.1. The fourth-order valence-electron chi connectivity index (χ4n) is 10.5. The number of aliphatic hydroxyl groups excluding tert-OH is 9. The summed E-state index contributed by atoms with van der Waals surface area (Å²) < 4.78 is 137. The van der Waals surface area contributed by atoms with Gasteiger partial charge in [-0.1, -0.05) is 6.42 Å². The van der Waals surface area contributed by atoms with E-state index in [2.05, 4.69) is 40.3 Å². The van der Waals surface area contributed by atoms with E-state index in [4.69, 9.17) is 52.1 Å². The minimum absolute atomic E-state index is 0.0312. The molecule has 6 amide bonds. The Labute approximate surface area is 526 Å². The minimum Gasteiger partial charge on any atom is -0.394 e. The number of hydrogen-bond acceptors (Lipinski definition) is 32. The molecule has 6 heterocycles. The molecular weight excluding hydrogens is 1300 g/mol. The largest absolute Gasteiger partial charge is 0.397 e. The standard InChI is InChI=1S/C49H84N6O33S3/c1-22(58)52-33-42(87-48-41(68)44(36(63)26(17-57)83-48)88-46-34(53-23(2)59)43(38(65)28(85-46)19-81-91(73,74)75)86-47-40(67)39(66)35(62)25(16-56)82-47)37(64)27(18-80-90(70,71)72)84-45(33)79-10-5-8-50-31(61)20-78-15-14-77-13-12-76-11-9-51-30(60)7-4-3-6-29-32-24(21-89-29)54-49(69)55-32/h24-29,32-48,56-57,62-68H,3-21H2,1-2H3,(H,50,61)(H,51,60)(H,52,58)(H,53,59)(H2,54,55,69)(H,70,71,72)(H,73,74,75). The lowest BCUT2D eigenvalue weighted by atomic mass is 9.94. The molecule has 6 rings (SSSR count). The summed E-state index contributed by atoms with van der Waals surface area (Å²) >= 11 is 1.83. The van der Waals surface area contributed by atoms with Crippen molar-refractivity contribution in [2.24, 2.45) is 0 Å². The van der Waals surface area contributed by atoms with E-state index in [9.17, 15) is 95.9 Å². The van der Waals surface area contributed by atoms with Gasteiger partial charge in [-0.2, -0.15) is 28.6 Å². The normalized spacial score (nSPS) is 36.0. The molecule has 0 bridgehead atoms. The summed E-state index contributed by atoms with van der Waals surface area (Å²) in [7, 11) is -10.5. The molecule has 0 aliphatic carbocycles. The van der Waals surface area contributed by atoms with Crippen molar-refractivity contribution in [1.82, 2.24) is 31.9 Å². The summed E-state index contributed by atoms with van der Waals surface area (Å²) in [4.78, 5) is 61.8. The molecule has 91 heavy (non-hydrogen) atoms. The molecule has 0 saturated carbocycles. The molecule has 6 saturated heterocycles. The molecule has 6 aliphatic heterocycles. The number of aliphatic hydroxyl groups is 9. The summed E-state index contributed by atoms with van der Waals surface area (Å²) in [6.45, 7) is -2.00. The number of unbranched alkanes of at least 4 members (excludes halogenated alkanes) is 1. The lowest BCUT2D eigenvalue weighted by molar-refractivity contribution is -0.375. The van der Waals surface area contributed by atoms with Crippen LogP contribution in [0, 0.1) is 0 Å². The van der Waals surface area contributed by atoms with Gasteiger partial charge in [-0.05, 0) is 19.3 Å². The van der Waals surface area contributed by atoms with Gasteiger partial charge in [-0.3, -0.25) is 28.3 Å². The third-order valence-electron chi connectivity index (χ3n) is 14.9. The van der Waals surface area contributed by atoms with E-state index in [0.29, 0.717) is 18.2 Å². The van der Waals surface area contributed by atoms with Crippen LogP contribution in [-0.4, -0.2) is 333 Å². The van der Waals surface area contributed by atoms with Crippen molar-refractivity contribution in [2.75, 3.05) is 91.5 Å². The van der Waals surface area contributed by atoms with E-state index in [1.54, 1.807) is 0 Å². The highest BCUT2D eigenvalue weighted by Gasteiger charge is 2.57. The predicted octanol–water partition coefficient (Wildman–Crippen LogP) is -9.38. The van der Waals surface area contributed by atoms with Crippen molar-refractivity contribution in [3.8, 4) is 0 Å². The van der Waals surface area contributed by atoms with Gasteiger partial charge in [0.2, 0.25) is 23.6 Å². The molecule has 17 N–H and O–H groups in total. The lowest BCUT2D eigenvalue weighted by Crippen LogP contribution is -2.70. The van der Waals surface area contributed by atoms with Crippen molar-refractivity contribution >= 4 is 62.2 Å². The van der Waals surface area contributed by atoms with Crippen LogP contribution in [0.15, 0.2) is 0 Å². The summed E-state index contributed by atoms with van der Waals surface area (Å²) in [6, 6.07) is -3.39. The van der Waals surface area contributed by atoms with E-state index in [0.717, 1.165) is 38.9 Å². The highest BCUT2D eigenvalue weighted by Crippen LogP contribution is 2.36. The minimum atomic E-state index is -5.30.